The number of nitrogens with one attached hydrogen (secondary N) is 7. The van der Waals surface area contributed by atoms with Crippen LogP contribution >= 0.6 is 0 Å². The summed E-state index contributed by atoms with van der Waals surface area (Å²) in [6.45, 7) is 6.84. The number of hydrogen-bond acceptors (Lipinski definition) is 8. The summed E-state index contributed by atoms with van der Waals surface area (Å²) in [7, 11) is 0. The minimum atomic E-state index is -0.638. The quantitative estimate of drug-likeness (QED) is 0.0398. The second-order valence-electron chi connectivity index (χ2n) is 20.9. The first-order valence-corrected chi connectivity index (χ1v) is 30.3. The maximum atomic E-state index is 13.2. The predicted molar refractivity (Wildman–Crippen MR) is 299 cm³/mol. The third-order valence-electron chi connectivity index (χ3n) is 13.8. The Morgan fingerprint density at radius 1 is 0.316 bits per heavy atom. The summed E-state index contributed by atoms with van der Waals surface area (Å²) in [6.07, 6.45) is 28.4. The molecule has 76 heavy (non-hydrogen) atoms. The molecule has 21 N–H and O–H groups in total. The Labute approximate surface area is 458 Å². The van der Waals surface area contributed by atoms with E-state index in [-0.39, 0.29) is 41.4 Å². The average Bonchev–Trinajstić information content (AvgIpc) is 3.39. The molecule has 0 aliphatic rings. The summed E-state index contributed by atoms with van der Waals surface area (Å²) >= 11 is 0. The van der Waals surface area contributed by atoms with Crippen LogP contribution < -0.4 is 65.9 Å². The van der Waals surface area contributed by atoms with E-state index in [4.69, 9.17) is 5.73 Å². The number of nitrogens with two attached hydrogens (primary N) is 1. The van der Waals surface area contributed by atoms with Gasteiger partial charge in [0.05, 0.1) is 26.2 Å². The van der Waals surface area contributed by atoms with Crippen molar-refractivity contribution in [1.82, 2.24) is 37.2 Å². The SMILES string of the molecule is CCCCCCCC(=O)NC(CCCC[NH3+])C(=O)NCCCCCCCC(=O)NC(CCCC[NH3+])C(=O)NCCCCCCCC(=O)NC(CCCC[NH3+])C(=O)NCCCCCCCC(=O)NC(CCCC[NH3+])C(N)=O. The zero-order valence-corrected chi connectivity index (χ0v) is 47.9. The number of carbonyl (C=O) groups is 8. The molecule has 8 amide bonds. The summed E-state index contributed by atoms with van der Waals surface area (Å²) in [4.78, 5) is 102. The zero-order valence-electron chi connectivity index (χ0n) is 47.9. The van der Waals surface area contributed by atoms with E-state index in [1.54, 1.807) is 0 Å². The van der Waals surface area contributed by atoms with Gasteiger partial charge in [0.1, 0.15) is 24.2 Å². The zero-order chi connectivity index (χ0) is 56.3. The van der Waals surface area contributed by atoms with Gasteiger partial charge in [0.2, 0.25) is 47.3 Å². The second kappa shape index (κ2) is 51.4. The van der Waals surface area contributed by atoms with Gasteiger partial charge in [-0.2, -0.15) is 0 Å². The Balaban J connectivity index is 4.47. The number of hydrogen-bond donors (Lipinski definition) is 12. The van der Waals surface area contributed by atoms with E-state index in [1.165, 1.54) is 6.42 Å². The molecule has 0 aromatic heterocycles. The standard InChI is InChI=1S/C56H110N12O8/c1-2-3-4-8-15-35-50(70)66-46(31-20-24-39-58)54(74)62-43-28-13-6-10-17-37-52(72)68-48(33-22-26-41-60)56(76)64-44-29-14-7-11-18-36-51(71)67-47(32-21-25-40-59)55(75)63-42-27-12-5-9-16-34-49(69)65-45(53(61)73)30-19-23-38-57/h45-48H,2-44,57-60H2,1H3,(H2,61,73)(H,62,74)(H,63,75)(H,64,76)(H,65,69)(H,66,70)(H,67,71)(H,68,72)/p+4. The minimum Gasteiger partial charge on any atom is -0.368 e. The molecule has 0 heterocycles. The molecule has 0 bridgehead atoms. The Hall–Kier alpha value is -4.40. The molecule has 442 valence electrons. The topological polar surface area (TPSA) is 357 Å². The second-order valence-corrected chi connectivity index (χ2v) is 20.9. The Morgan fingerprint density at radius 2 is 0.553 bits per heavy atom. The van der Waals surface area contributed by atoms with Crippen molar-refractivity contribution >= 4 is 47.3 Å². The number of amides is 8. The van der Waals surface area contributed by atoms with Crippen LogP contribution in [0.2, 0.25) is 0 Å². The van der Waals surface area contributed by atoms with Crippen LogP contribution in [0.5, 0.6) is 0 Å². The van der Waals surface area contributed by atoms with Gasteiger partial charge in [0.15, 0.2) is 0 Å². The van der Waals surface area contributed by atoms with E-state index in [9.17, 15) is 38.4 Å². The van der Waals surface area contributed by atoms with Crippen molar-refractivity contribution in [3.05, 3.63) is 0 Å². The largest absolute Gasteiger partial charge is 0.368 e. The number of quaternary nitrogens is 4. The number of primary amides is 1. The Bertz CT molecular complexity index is 1540. The fourth-order valence-electron chi connectivity index (χ4n) is 8.98. The smallest absolute Gasteiger partial charge is 0.242 e. The molecule has 0 aliphatic carbocycles. The van der Waals surface area contributed by atoms with E-state index in [2.05, 4.69) is 67.1 Å². The van der Waals surface area contributed by atoms with Gasteiger partial charge in [-0.15, -0.1) is 0 Å². The predicted octanol–water partition coefficient (Wildman–Crippen LogP) is 1.79. The van der Waals surface area contributed by atoms with Crippen LogP contribution in [0.4, 0.5) is 0 Å². The lowest BCUT2D eigenvalue weighted by Crippen LogP contribution is -2.50. The molecule has 0 spiro atoms. The van der Waals surface area contributed by atoms with Crippen molar-refractivity contribution in [1.29, 1.82) is 0 Å². The van der Waals surface area contributed by atoms with Crippen molar-refractivity contribution in [2.45, 2.75) is 262 Å². The van der Waals surface area contributed by atoms with E-state index in [0.29, 0.717) is 90.3 Å². The van der Waals surface area contributed by atoms with Gasteiger partial charge >= 0.3 is 0 Å². The first kappa shape index (κ1) is 71.6. The van der Waals surface area contributed by atoms with Crippen LogP contribution in [0.25, 0.3) is 0 Å². The highest BCUT2D eigenvalue weighted by atomic mass is 16.2. The summed E-state index contributed by atoms with van der Waals surface area (Å²) < 4.78 is 0. The molecule has 0 aromatic carbocycles. The monoisotopic (exact) mass is 1080 g/mol. The van der Waals surface area contributed by atoms with Crippen molar-refractivity contribution in [2.24, 2.45) is 5.73 Å². The van der Waals surface area contributed by atoms with Crippen molar-refractivity contribution in [3.63, 3.8) is 0 Å². The van der Waals surface area contributed by atoms with Gasteiger partial charge in [-0.05, 0) is 122 Å². The van der Waals surface area contributed by atoms with Crippen LogP contribution in [0.15, 0.2) is 0 Å². The Morgan fingerprint density at radius 3 is 0.816 bits per heavy atom. The third-order valence-corrected chi connectivity index (χ3v) is 13.8. The average molecular weight is 1080 g/mol. The van der Waals surface area contributed by atoms with Crippen LogP contribution in [0, 0.1) is 0 Å². The van der Waals surface area contributed by atoms with E-state index in [1.807, 2.05) is 0 Å². The molecule has 0 saturated carbocycles. The highest BCUT2D eigenvalue weighted by Gasteiger charge is 2.23. The third kappa shape index (κ3) is 42.7. The first-order chi connectivity index (χ1) is 36.8. The van der Waals surface area contributed by atoms with Gasteiger partial charge in [-0.25, -0.2) is 0 Å². The summed E-state index contributed by atoms with van der Waals surface area (Å²) in [5.74, 6) is -1.46. The lowest BCUT2D eigenvalue weighted by atomic mass is 10.1. The van der Waals surface area contributed by atoms with E-state index in [0.717, 1.165) is 180 Å². The normalized spacial score (nSPS) is 12.7. The molecular formula is C56H114N12O8+4. The highest BCUT2D eigenvalue weighted by Crippen LogP contribution is 2.12. The molecule has 0 saturated heterocycles. The minimum absolute atomic E-state index is 0.0575. The fourth-order valence-corrected chi connectivity index (χ4v) is 8.98. The van der Waals surface area contributed by atoms with Gasteiger partial charge in [-0.1, -0.05) is 90.4 Å². The molecule has 20 heteroatoms. The summed E-state index contributed by atoms with van der Waals surface area (Å²) in [5, 5.41) is 20.7. The van der Waals surface area contributed by atoms with Crippen LogP contribution in [-0.4, -0.2) is 117 Å². The molecule has 0 radical (unpaired) electrons. The van der Waals surface area contributed by atoms with Gasteiger partial charge in [0, 0.05) is 45.3 Å². The maximum Gasteiger partial charge on any atom is 0.242 e. The van der Waals surface area contributed by atoms with E-state index >= 15 is 0 Å². The summed E-state index contributed by atoms with van der Waals surface area (Å²) in [5.41, 5.74) is 20.9. The molecule has 0 aliphatic heterocycles. The lowest BCUT2D eigenvalue weighted by Gasteiger charge is -2.19. The van der Waals surface area contributed by atoms with Crippen LogP contribution in [0.1, 0.15) is 238 Å². The van der Waals surface area contributed by atoms with Crippen LogP contribution in [0.3, 0.4) is 0 Å². The maximum absolute atomic E-state index is 13.2. The molecule has 4 atom stereocenters. The molecule has 20 nitrogen and oxygen atoms in total. The van der Waals surface area contributed by atoms with Crippen LogP contribution in [-0.2, 0) is 38.4 Å². The molecular weight excluding hydrogens is 969 g/mol. The van der Waals surface area contributed by atoms with Crippen molar-refractivity contribution in [3.8, 4) is 0 Å². The molecule has 0 rings (SSSR count). The van der Waals surface area contributed by atoms with Gasteiger partial charge in [0.25, 0.3) is 0 Å². The molecule has 0 fully saturated rings. The number of unbranched alkanes of at least 4 members (excludes halogenated alkanes) is 20. The van der Waals surface area contributed by atoms with E-state index < -0.39 is 30.1 Å². The number of rotatable bonds is 54. The highest BCUT2D eigenvalue weighted by molar-refractivity contribution is 5.89. The lowest BCUT2D eigenvalue weighted by molar-refractivity contribution is -0.368. The van der Waals surface area contributed by atoms with Crippen molar-refractivity contribution < 1.29 is 61.3 Å². The van der Waals surface area contributed by atoms with Gasteiger partial charge < -0.3 is 65.9 Å². The number of carbonyl (C=O) groups excluding carboxylic acids is 8. The molecule has 4 unspecified atom stereocenters. The molecule has 0 aromatic rings. The van der Waals surface area contributed by atoms with Crippen molar-refractivity contribution in [2.75, 3.05) is 45.8 Å². The Kier molecular flexibility index (Phi) is 48.4. The first-order valence-electron chi connectivity index (χ1n) is 30.3. The fraction of sp³-hybridized carbons (Fsp3) is 0.857. The van der Waals surface area contributed by atoms with Gasteiger partial charge in [-0.3, -0.25) is 38.4 Å². The summed E-state index contributed by atoms with van der Waals surface area (Å²) in [6, 6.07) is -2.33.